The summed E-state index contributed by atoms with van der Waals surface area (Å²) in [6, 6.07) is 10.3. The van der Waals surface area contributed by atoms with Gasteiger partial charge in [0.05, 0.1) is 39.7 Å². The van der Waals surface area contributed by atoms with Crippen molar-refractivity contribution in [2.45, 2.75) is 19.4 Å². The van der Waals surface area contributed by atoms with Crippen LogP contribution >= 0.6 is 0 Å². The van der Waals surface area contributed by atoms with Gasteiger partial charge in [-0.25, -0.2) is 4.79 Å². The highest BCUT2D eigenvalue weighted by atomic mass is 16.5. The van der Waals surface area contributed by atoms with Gasteiger partial charge in [-0.15, -0.1) is 0 Å². The Labute approximate surface area is 159 Å². The Balaban J connectivity index is 2.19. The number of nitrogens with one attached hydrogen (secondary N) is 2. The Morgan fingerprint density at radius 1 is 0.815 bits per heavy atom. The summed E-state index contributed by atoms with van der Waals surface area (Å²) >= 11 is 0. The average Bonchev–Trinajstić information content (AvgIpc) is 2.66. The van der Waals surface area contributed by atoms with Crippen molar-refractivity contribution in [3.05, 3.63) is 42.0 Å². The van der Waals surface area contributed by atoms with Gasteiger partial charge in [0.1, 0.15) is 11.5 Å². The molecule has 0 aromatic heterocycles. The van der Waals surface area contributed by atoms with Gasteiger partial charge in [0.2, 0.25) is 0 Å². The van der Waals surface area contributed by atoms with Crippen LogP contribution in [-0.2, 0) is 5.54 Å². The highest BCUT2D eigenvalue weighted by molar-refractivity contribution is 5.91. The summed E-state index contributed by atoms with van der Waals surface area (Å²) in [6.45, 7) is 3.80. The van der Waals surface area contributed by atoms with Crippen LogP contribution in [0.15, 0.2) is 36.4 Å². The smallest absolute Gasteiger partial charge is 0.320 e. The van der Waals surface area contributed by atoms with E-state index in [-0.39, 0.29) is 6.03 Å². The lowest BCUT2D eigenvalue weighted by Crippen LogP contribution is -2.43. The largest absolute Gasteiger partial charge is 0.497 e. The van der Waals surface area contributed by atoms with E-state index < -0.39 is 5.54 Å². The number of urea groups is 1. The van der Waals surface area contributed by atoms with Gasteiger partial charge in [0.25, 0.3) is 0 Å². The van der Waals surface area contributed by atoms with Crippen LogP contribution in [0.2, 0.25) is 0 Å². The molecule has 7 heteroatoms. The van der Waals surface area contributed by atoms with Crippen LogP contribution in [0.1, 0.15) is 19.4 Å². The summed E-state index contributed by atoms with van der Waals surface area (Å²) in [4.78, 5) is 12.6. The SMILES string of the molecule is COc1ccc(OC)c(NC(=O)NC(C)(C)c2ccc(OC)c(OC)c2)c1. The first kappa shape index (κ1) is 20.2. The predicted molar refractivity (Wildman–Crippen MR) is 104 cm³/mol. The minimum atomic E-state index is -0.657. The number of carbonyl (C=O) groups excluding carboxylic acids is 1. The number of anilines is 1. The third kappa shape index (κ3) is 4.75. The van der Waals surface area contributed by atoms with E-state index >= 15 is 0 Å². The Bertz CT molecular complexity index is 805. The molecule has 7 nitrogen and oxygen atoms in total. The van der Waals surface area contributed by atoms with E-state index in [4.69, 9.17) is 18.9 Å². The highest BCUT2D eigenvalue weighted by Gasteiger charge is 2.25. The maximum Gasteiger partial charge on any atom is 0.320 e. The van der Waals surface area contributed by atoms with E-state index in [2.05, 4.69) is 10.6 Å². The summed E-state index contributed by atoms with van der Waals surface area (Å²) in [6.07, 6.45) is 0. The van der Waals surface area contributed by atoms with Crippen LogP contribution in [0.4, 0.5) is 10.5 Å². The normalized spacial score (nSPS) is 10.7. The number of hydrogen-bond donors (Lipinski definition) is 2. The molecule has 2 N–H and O–H groups in total. The molecule has 0 heterocycles. The van der Waals surface area contributed by atoms with Crippen LogP contribution in [0.5, 0.6) is 23.0 Å². The van der Waals surface area contributed by atoms with Crippen molar-refractivity contribution in [3.8, 4) is 23.0 Å². The Morgan fingerprint density at radius 2 is 1.44 bits per heavy atom. The zero-order chi connectivity index (χ0) is 20.0. The van der Waals surface area contributed by atoms with E-state index in [1.165, 1.54) is 0 Å². The van der Waals surface area contributed by atoms with Crippen molar-refractivity contribution in [3.63, 3.8) is 0 Å². The molecular formula is C20H26N2O5. The average molecular weight is 374 g/mol. The fourth-order valence-electron chi connectivity index (χ4n) is 2.65. The van der Waals surface area contributed by atoms with Gasteiger partial charge >= 0.3 is 6.03 Å². The molecule has 0 fully saturated rings. The molecular weight excluding hydrogens is 348 g/mol. The quantitative estimate of drug-likeness (QED) is 0.771. The minimum absolute atomic E-state index is 0.374. The van der Waals surface area contributed by atoms with Crippen molar-refractivity contribution in [2.75, 3.05) is 33.8 Å². The topological polar surface area (TPSA) is 78.1 Å². The molecule has 0 aliphatic carbocycles. The third-order valence-corrected chi connectivity index (χ3v) is 4.19. The van der Waals surface area contributed by atoms with Gasteiger partial charge < -0.3 is 29.6 Å². The van der Waals surface area contributed by atoms with Gasteiger partial charge in [-0.3, -0.25) is 0 Å². The lowest BCUT2D eigenvalue weighted by molar-refractivity contribution is 0.241. The molecule has 27 heavy (non-hydrogen) atoms. The van der Waals surface area contributed by atoms with Crippen LogP contribution in [-0.4, -0.2) is 34.5 Å². The van der Waals surface area contributed by atoms with Crippen molar-refractivity contribution >= 4 is 11.7 Å². The zero-order valence-corrected chi connectivity index (χ0v) is 16.5. The molecule has 146 valence electrons. The van der Waals surface area contributed by atoms with Crippen LogP contribution in [0, 0.1) is 0 Å². The molecule has 0 radical (unpaired) electrons. The van der Waals surface area contributed by atoms with E-state index in [0.29, 0.717) is 28.7 Å². The predicted octanol–water partition coefficient (Wildman–Crippen LogP) is 3.78. The van der Waals surface area contributed by atoms with Gasteiger partial charge in [0, 0.05) is 6.07 Å². The van der Waals surface area contributed by atoms with Crippen molar-refractivity contribution in [2.24, 2.45) is 0 Å². The summed E-state index contributed by atoms with van der Waals surface area (Å²) in [7, 11) is 6.25. The van der Waals surface area contributed by atoms with Crippen molar-refractivity contribution in [1.29, 1.82) is 0 Å². The molecule has 0 bridgehead atoms. The van der Waals surface area contributed by atoms with Crippen LogP contribution in [0.3, 0.4) is 0 Å². The number of hydrogen-bond acceptors (Lipinski definition) is 5. The standard InChI is InChI=1S/C20H26N2O5/c1-20(2,13-7-9-17(26-5)18(11-13)27-6)22-19(23)21-15-12-14(24-3)8-10-16(15)25-4/h7-12H,1-6H3,(H2,21,22,23). The van der Waals surface area contributed by atoms with E-state index in [1.807, 2.05) is 26.0 Å². The Morgan fingerprint density at radius 3 is 2.04 bits per heavy atom. The number of benzene rings is 2. The molecule has 0 aliphatic heterocycles. The van der Waals surface area contributed by atoms with E-state index in [0.717, 1.165) is 5.56 Å². The highest BCUT2D eigenvalue weighted by Crippen LogP contribution is 2.33. The van der Waals surface area contributed by atoms with Crippen LogP contribution < -0.4 is 29.6 Å². The second-order valence-corrected chi connectivity index (χ2v) is 6.34. The Kier molecular flexibility index (Phi) is 6.39. The maximum absolute atomic E-state index is 12.6. The molecule has 0 saturated heterocycles. The summed E-state index contributed by atoms with van der Waals surface area (Å²) in [5.74, 6) is 2.38. The fourth-order valence-corrected chi connectivity index (χ4v) is 2.65. The molecule has 2 rings (SSSR count). The first-order valence-electron chi connectivity index (χ1n) is 8.38. The molecule has 2 aromatic carbocycles. The number of amides is 2. The summed E-state index contributed by atoms with van der Waals surface area (Å²) < 4.78 is 21.1. The van der Waals surface area contributed by atoms with Gasteiger partial charge in [-0.2, -0.15) is 0 Å². The molecule has 2 amide bonds. The van der Waals surface area contributed by atoms with E-state index in [9.17, 15) is 4.79 Å². The van der Waals surface area contributed by atoms with Crippen LogP contribution in [0.25, 0.3) is 0 Å². The maximum atomic E-state index is 12.6. The number of carbonyl (C=O) groups is 1. The molecule has 0 atom stereocenters. The second-order valence-electron chi connectivity index (χ2n) is 6.34. The number of rotatable bonds is 7. The molecule has 2 aromatic rings. The van der Waals surface area contributed by atoms with Gasteiger partial charge in [-0.05, 0) is 43.7 Å². The lowest BCUT2D eigenvalue weighted by Gasteiger charge is -2.28. The molecule has 0 spiro atoms. The molecule has 0 unspecified atom stereocenters. The van der Waals surface area contributed by atoms with Gasteiger partial charge in [0.15, 0.2) is 11.5 Å². The second kappa shape index (κ2) is 8.53. The lowest BCUT2D eigenvalue weighted by atomic mass is 9.94. The van der Waals surface area contributed by atoms with Crippen molar-refractivity contribution < 1.29 is 23.7 Å². The molecule has 0 saturated carbocycles. The monoisotopic (exact) mass is 374 g/mol. The first-order chi connectivity index (χ1) is 12.8. The Hall–Kier alpha value is -3.09. The summed E-state index contributed by atoms with van der Waals surface area (Å²) in [5.41, 5.74) is 0.723. The first-order valence-corrected chi connectivity index (χ1v) is 8.38. The number of ether oxygens (including phenoxy) is 4. The fraction of sp³-hybridized carbons (Fsp3) is 0.350. The van der Waals surface area contributed by atoms with Crippen molar-refractivity contribution in [1.82, 2.24) is 5.32 Å². The third-order valence-electron chi connectivity index (χ3n) is 4.19. The molecule has 0 aliphatic rings. The zero-order valence-electron chi connectivity index (χ0n) is 16.5. The minimum Gasteiger partial charge on any atom is -0.497 e. The number of methoxy groups -OCH3 is 4. The van der Waals surface area contributed by atoms with Gasteiger partial charge in [-0.1, -0.05) is 6.07 Å². The van der Waals surface area contributed by atoms with E-state index in [1.54, 1.807) is 52.7 Å². The summed E-state index contributed by atoms with van der Waals surface area (Å²) in [5, 5.41) is 5.76.